The fourth-order valence-corrected chi connectivity index (χ4v) is 2.12. The molecule has 0 saturated carbocycles. The van der Waals surface area contributed by atoms with Crippen LogP contribution in [0.4, 0.5) is 0 Å². The van der Waals surface area contributed by atoms with Crippen molar-refractivity contribution in [3.05, 3.63) is 48.0 Å². The molecule has 142 valence electrons. The summed E-state index contributed by atoms with van der Waals surface area (Å²) < 4.78 is 0. The second-order valence-corrected chi connectivity index (χ2v) is 5.81. The van der Waals surface area contributed by atoms with Gasteiger partial charge in [0.1, 0.15) is 5.76 Å². The van der Waals surface area contributed by atoms with Crippen molar-refractivity contribution < 1.29 is 25.2 Å². The Balaban J connectivity index is 3.86. The lowest BCUT2D eigenvalue weighted by atomic mass is 10.1. The molecule has 0 amide bonds. The number of unbranched alkanes of at least 4 members (excludes halogenated alkanes) is 2. The molecular formula is C20H32O5. The number of aliphatic hydroxyl groups excluding tert-OH is 1. The van der Waals surface area contributed by atoms with E-state index in [0.717, 1.165) is 38.5 Å². The Morgan fingerprint density at radius 3 is 2.08 bits per heavy atom. The van der Waals surface area contributed by atoms with E-state index < -0.39 is 5.97 Å². The first-order valence-electron chi connectivity index (χ1n) is 9.00. The number of carbonyl (C=O) groups is 1. The highest BCUT2D eigenvalue weighted by Gasteiger charge is 2.01. The van der Waals surface area contributed by atoms with Crippen molar-refractivity contribution in [3.8, 4) is 0 Å². The van der Waals surface area contributed by atoms with Crippen LogP contribution in [0.5, 0.6) is 0 Å². The van der Waals surface area contributed by atoms with Gasteiger partial charge in [-0.25, -0.2) is 5.26 Å². The Labute approximate surface area is 151 Å². The fourth-order valence-electron chi connectivity index (χ4n) is 2.12. The molecule has 0 bridgehead atoms. The largest absolute Gasteiger partial charge is 0.513 e. The summed E-state index contributed by atoms with van der Waals surface area (Å²) in [6, 6.07) is 0. The molecule has 0 aliphatic heterocycles. The second-order valence-electron chi connectivity index (χ2n) is 5.81. The highest BCUT2D eigenvalue weighted by Crippen LogP contribution is 2.10. The summed E-state index contributed by atoms with van der Waals surface area (Å²) in [6.45, 7) is 2.14. The highest BCUT2D eigenvalue weighted by atomic mass is 17.1. The van der Waals surface area contributed by atoms with E-state index in [9.17, 15) is 9.90 Å². The van der Waals surface area contributed by atoms with E-state index in [1.165, 1.54) is 0 Å². The van der Waals surface area contributed by atoms with Gasteiger partial charge in [-0.3, -0.25) is 4.79 Å². The maximum atomic E-state index is 10.4. The van der Waals surface area contributed by atoms with Crippen LogP contribution in [0.15, 0.2) is 48.0 Å². The van der Waals surface area contributed by atoms with Gasteiger partial charge in [0.15, 0.2) is 0 Å². The molecule has 5 heteroatoms. The van der Waals surface area contributed by atoms with Crippen molar-refractivity contribution in [2.45, 2.75) is 71.1 Å². The first-order chi connectivity index (χ1) is 12.1. The van der Waals surface area contributed by atoms with Gasteiger partial charge < -0.3 is 15.1 Å². The van der Waals surface area contributed by atoms with Crippen molar-refractivity contribution in [2.24, 2.45) is 0 Å². The van der Waals surface area contributed by atoms with E-state index in [4.69, 9.17) is 10.4 Å². The second kappa shape index (κ2) is 16.8. The van der Waals surface area contributed by atoms with Gasteiger partial charge in [0, 0.05) is 19.3 Å². The summed E-state index contributed by atoms with van der Waals surface area (Å²) >= 11 is 0. The minimum absolute atomic E-state index is 0.0595. The number of hydrogen-bond acceptors (Lipinski definition) is 4. The average Bonchev–Trinajstić information content (AvgIpc) is 2.58. The van der Waals surface area contributed by atoms with Crippen molar-refractivity contribution in [1.82, 2.24) is 0 Å². The first kappa shape index (κ1) is 23.0. The quantitative estimate of drug-likeness (QED) is 0.112. The first-order valence-corrected chi connectivity index (χ1v) is 9.00. The van der Waals surface area contributed by atoms with Crippen molar-refractivity contribution >= 4 is 5.97 Å². The summed E-state index contributed by atoms with van der Waals surface area (Å²) in [4.78, 5) is 14.7. The van der Waals surface area contributed by atoms with E-state index in [-0.39, 0.29) is 6.42 Å². The van der Waals surface area contributed by atoms with Gasteiger partial charge in [-0.1, -0.05) is 44.1 Å². The highest BCUT2D eigenvalue weighted by molar-refractivity contribution is 5.66. The van der Waals surface area contributed by atoms with E-state index in [0.29, 0.717) is 30.8 Å². The molecular weight excluding hydrogens is 320 g/mol. The van der Waals surface area contributed by atoms with Gasteiger partial charge >= 0.3 is 5.97 Å². The van der Waals surface area contributed by atoms with E-state index >= 15 is 0 Å². The van der Waals surface area contributed by atoms with Crippen LogP contribution in [-0.4, -0.2) is 21.4 Å². The van der Waals surface area contributed by atoms with E-state index in [1.807, 2.05) is 30.4 Å². The molecule has 25 heavy (non-hydrogen) atoms. The van der Waals surface area contributed by atoms with Gasteiger partial charge in [0.2, 0.25) is 0 Å². The summed E-state index contributed by atoms with van der Waals surface area (Å²) in [7, 11) is 0. The molecule has 0 aromatic carbocycles. The Kier molecular flexibility index (Phi) is 15.5. The van der Waals surface area contributed by atoms with E-state index in [1.54, 1.807) is 6.08 Å². The summed E-state index contributed by atoms with van der Waals surface area (Å²) in [6.07, 6.45) is 18.8. The van der Waals surface area contributed by atoms with Gasteiger partial charge in [-0.15, -0.1) is 0 Å². The maximum absolute atomic E-state index is 10.4. The van der Waals surface area contributed by atoms with Crippen LogP contribution < -0.4 is 0 Å². The Hall–Kier alpha value is -2.01. The summed E-state index contributed by atoms with van der Waals surface area (Å²) in [5.74, 6) is 0.0106. The summed E-state index contributed by atoms with van der Waals surface area (Å²) in [5, 5.41) is 26.9. The third kappa shape index (κ3) is 16.6. The monoisotopic (exact) mass is 352 g/mol. The summed E-state index contributed by atoms with van der Waals surface area (Å²) in [5.41, 5.74) is 0. The minimum atomic E-state index is -0.854. The zero-order valence-electron chi connectivity index (χ0n) is 15.2. The van der Waals surface area contributed by atoms with Crippen LogP contribution in [0, 0.1) is 0 Å². The predicted octanol–water partition coefficient (Wildman–Crippen LogP) is 5.92. The molecule has 0 spiro atoms. The fraction of sp³-hybridized carbons (Fsp3) is 0.550. The van der Waals surface area contributed by atoms with Crippen LogP contribution in [0.2, 0.25) is 0 Å². The normalized spacial score (nSPS) is 13.0. The lowest BCUT2D eigenvalue weighted by molar-refractivity contribution is -0.206. The average molecular weight is 352 g/mol. The van der Waals surface area contributed by atoms with Crippen LogP contribution in [0.25, 0.3) is 0 Å². The number of rotatable bonds is 15. The lowest BCUT2D eigenvalue weighted by Crippen LogP contribution is -1.95. The van der Waals surface area contributed by atoms with Crippen molar-refractivity contribution in [2.75, 3.05) is 0 Å². The SMILES string of the molecule is CCCCC/C(O)=C\C/C=C\C/C=C\C/C=C(\CCCC(=O)O)OO. The number of carboxylic acids is 1. The van der Waals surface area contributed by atoms with Crippen LogP contribution in [-0.2, 0) is 9.68 Å². The Bertz CT molecular complexity index is 461. The number of hydrogen-bond donors (Lipinski definition) is 3. The zero-order valence-corrected chi connectivity index (χ0v) is 15.2. The minimum Gasteiger partial charge on any atom is -0.513 e. The molecule has 0 heterocycles. The smallest absolute Gasteiger partial charge is 0.303 e. The molecule has 0 rings (SSSR count). The van der Waals surface area contributed by atoms with Crippen molar-refractivity contribution in [3.63, 3.8) is 0 Å². The maximum Gasteiger partial charge on any atom is 0.303 e. The number of aliphatic hydroxyl groups is 1. The molecule has 0 aromatic rings. The standard InChI is InChI=1S/C20H32O5/c1-2-3-9-13-18(21)14-10-7-5-4-6-8-11-15-19(25-24)16-12-17-20(22)23/h5-8,14-15,21,24H,2-4,9-13,16-17H2,1H3,(H,22,23)/b7-5-,8-6-,18-14+,19-15+. The zero-order chi connectivity index (χ0) is 18.8. The lowest BCUT2D eigenvalue weighted by Gasteiger charge is -2.01. The molecule has 3 N–H and O–H groups in total. The Morgan fingerprint density at radius 1 is 0.840 bits per heavy atom. The number of allylic oxidation sites excluding steroid dienone is 8. The number of aliphatic carboxylic acids is 1. The van der Waals surface area contributed by atoms with Gasteiger partial charge in [-0.2, -0.15) is 0 Å². The molecule has 0 fully saturated rings. The van der Waals surface area contributed by atoms with Crippen molar-refractivity contribution in [1.29, 1.82) is 0 Å². The molecule has 5 nitrogen and oxygen atoms in total. The van der Waals surface area contributed by atoms with Crippen LogP contribution in [0.1, 0.15) is 71.1 Å². The third-order valence-electron chi connectivity index (χ3n) is 3.54. The van der Waals surface area contributed by atoms with Gasteiger partial charge in [-0.05, 0) is 44.3 Å². The van der Waals surface area contributed by atoms with Crippen LogP contribution >= 0.6 is 0 Å². The van der Waals surface area contributed by atoms with Crippen LogP contribution in [0.3, 0.4) is 0 Å². The predicted molar refractivity (Wildman–Crippen MR) is 100 cm³/mol. The molecule has 0 aromatic heterocycles. The molecule has 0 aliphatic rings. The van der Waals surface area contributed by atoms with E-state index in [2.05, 4.69) is 11.8 Å². The topological polar surface area (TPSA) is 87.0 Å². The van der Waals surface area contributed by atoms with Gasteiger partial charge in [0.25, 0.3) is 0 Å². The molecule has 0 unspecified atom stereocenters. The molecule has 0 saturated heterocycles. The molecule has 0 aliphatic carbocycles. The molecule has 0 radical (unpaired) electrons. The van der Waals surface area contributed by atoms with Gasteiger partial charge in [0.05, 0.1) is 5.76 Å². The Morgan fingerprint density at radius 2 is 1.48 bits per heavy atom. The third-order valence-corrected chi connectivity index (χ3v) is 3.54. The number of carboxylic acid groups (broad SMARTS) is 1. The molecule has 0 atom stereocenters.